The molecule has 0 aromatic heterocycles. The van der Waals surface area contributed by atoms with Gasteiger partial charge < -0.3 is 4.52 Å². The topological polar surface area (TPSA) is 9.23 Å². The maximum Gasteiger partial charge on any atom is 0.0798 e. The Balaban J connectivity index is 2.62. The van der Waals surface area contributed by atoms with Gasteiger partial charge in [-0.25, -0.2) is 0 Å². The summed E-state index contributed by atoms with van der Waals surface area (Å²) in [5.41, 5.74) is 1.21. The smallest absolute Gasteiger partial charge is 0.0798 e. The van der Waals surface area contributed by atoms with Crippen molar-refractivity contribution < 1.29 is 4.52 Å². The summed E-state index contributed by atoms with van der Waals surface area (Å²) in [6.07, 6.45) is 0. The molecule has 11 heavy (non-hydrogen) atoms. The van der Waals surface area contributed by atoms with Gasteiger partial charge in [0, 0.05) is 4.47 Å². The van der Waals surface area contributed by atoms with Crippen LogP contribution in [0.1, 0.15) is 5.56 Å². The Bertz CT molecular complexity index is 231. The summed E-state index contributed by atoms with van der Waals surface area (Å²) in [4.78, 5) is 0. The lowest BCUT2D eigenvalue weighted by molar-refractivity contribution is 0.359. The van der Waals surface area contributed by atoms with E-state index in [-0.39, 0.29) is 0 Å². The van der Waals surface area contributed by atoms with E-state index in [4.69, 9.17) is 4.52 Å². The van der Waals surface area contributed by atoms with E-state index in [1.165, 1.54) is 5.56 Å². The average Bonchev–Trinajstić information content (AvgIpc) is 2.03. The SMILES string of the molecule is Brc1ccccc1COPI. The molecule has 0 aliphatic heterocycles. The van der Waals surface area contributed by atoms with Gasteiger partial charge in [0.15, 0.2) is 0 Å². The van der Waals surface area contributed by atoms with Crippen molar-refractivity contribution >= 4 is 44.4 Å². The molecular formula is C7H7BrIOP. The van der Waals surface area contributed by atoms with Crippen LogP contribution in [0.2, 0.25) is 0 Å². The predicted molar refractivity (Wildman–Crippen MR) is 61.3 cm³/mol. The first-order valence-corrected chi connectivity index (χ1v) is 7.87. The number of hydrogen-bond donors (Lipinski definition) is 0. The summed E-state index contributed by atoms with van der Waals surface area (Å²) in [5.74, 6) is 0. The summed E-state index contributed by atoms with van der Waals surface area (Å²) in [6, 6.07) is 8.09. The summed E-state index contributed by atoms with van der Waals surface area (Å²) >= 11 is 5.66. The Hall–Kier alpha value is 0.820. The molecule has 0 aliphatic carbocycles. The monoisotopic (exact) mass is 344 g/mol. The van der Waals surface area contributed by atoms with E-state index in [1.54, 1.807) is 0 Å². The van der Waals surface area contributed by atoms with E-state index in [2.05, 4.69) is 44.0 Å². The third kappa shape index (κ3) is 3.36. The predicted octanol–water partition coefficient (Wildman–Crippen LogP) is 3.91. The van der Waals surface area contributed by atoms with Crippen LogP contribution < -0.4 is 0 Å². The molecule has 0 saturated carbocycles. The quantitative estimate of drug-likeness (QED) is 0.596. The van der Waals surface area contributed by atoms with Gasteiger partial charge in [-0.1, -0.05) is 34.1 Å². The Morgan fingerprint density at radius 1 is 1.45 bits per heavy atom. The Morgan fingerprint density at radius 2 is 2.18 bits per heavy atom. The molecule has 4 heteroatoms. The van der Waals surface area contributed by atoms with Gasteiger partial charge in [-0.05, 0) is 33.7 Å². The molecule has 0 amide bonds. The first-order valence-electron chi connectivity index (χ1n) is 3.05. The second kappa shape index (κ2) is 5.46. The molecule has 0 N–H and O–H groups in total. The van der Waals surface area contributed by atoms with Crippen molar-refractivity contribution in [2.75, 3.05) is 0 Å². The highest BCUT2D eigenvalue weighted by molar-refractivity contribution is 14.2. The number of halogens is 2. The van der Waals surface area contributed by atoms with Gasteiger partial charge in [-0.15, -0.1) is 0 Å². The lowest BCUT2D eigenvalue weighted by Crippen LogP contribution is -1.84. The van der Waals surface area contributed by atoms with Gasteiger partial charge in [0.25, 0.3) is 0 Å². The second-order valence-corrected chi connectivity index (χ2v) is 4.58. The van der Waals surface area contributed by atoms with Crippen LogP contribution in [0.5, 0.6) is 0 Å². The van der Waals surface area contributed by atoms with Crippen molar-refractivity contribution in [1.82, 2.24) is 0 Å². The molecular weight excluding hydrogens is 338 g/mol. The Labute approximate surface area is 89.4 Å². The Kier molecular flexibility index (Phi) is 4.92. The summed E-state index contributed by atoms with van der Waals surface area (Å²) in [7, 11) is 0. The minimum absolute atomic E-state index is 0.529. The molecule has 0 spiro atoms. The zero-order valence-electron chi connectivity index (χ0n) is 5.68. The van der Waals surface area contributed by atoms with Crippen LogP contribution in [0.25, 0.3) is 0 Å². The molecule has 1 rings (SSSR count). The lowest BCUT2D eigenvalue weighted by atomic mass is 10.2. The molecule has 0 aliphatic rings. The zero-order valence-corrected chi connectivity index (χ0v) is 10.4. The van der Waals surface area contributed by atoms with Gasteiger partial charge in [0.05, 0.1) is 13.1 Å². The van der Waals surface area contributed by atoms with Crippen LogP contribution in [0.15, 0.2) is 28.7 Å². The van der Waals surface area contributed by atoms with Gasteiger partial charge in [-0.3, -0.25) is 0 Å². The van der Waals surface area contributed by atoms with Crippen molar-refractivity contribution in [3.05, 3.63) is 34.3 Å². The van der Waals surface area contributed by atoms with Crippen LogP contribution in [-0.4, -0.2) is 0 Å². The fourth-order valence-corrected chi connectivity index (χ4v) is 1.80. The van der Waals surface area contributed by atoms with Crippen LogP contribution in [0.3, 0.4) is 0 Å². The van der Waals surface area contributed by atoms with Crippen molar-refractivity contribution in [1.29, 1.82) is 0 Å². The van der Waals surface area contributed by atoms with E-state index >= 15 is 0 Å². The molecule has 1 atom stereocenters. The van der Waals surface area contributed by atoms with E-state index in [9.17, 15) is 0 Å². The lowest BCUT2D eigenvalue weighted by Gasteiger charge is -2.01. The first kappa shape index (κ1) is 9.90. The molecule has 1 aromatic rings. The van der Waals surface area contributed by atoms with Crippen LogP contribution >= 0.6 is 44.4 Å². The molecule has 1 aromatic carbocycles. The second-order valence-electron chi connectivity index (χ2n) is 1.96. The molecule has 0 radical (unpaired) electrons. The minimum Gasteiger partial charge on any atom is -0.347 e. The fraction of sp³-hybridized carbons (Fsp3) is 0.143. The Morgan fingerprint density at radius 3 is 2.82 bits per heavy atom. The number of hydrogen-bond acceptors (Lipinski definition) is 1. The molecule has 0 bridgehead atoms. The first-order chi connectivity index (χ1) is 5.34. The van der Waals surface area contributed by atoms with Crippen LogP contribution in [0.4, 0.5) is 0 Å². The molecule has 1 unspecified atom stereocenters. The van der Waals surface area contributed by atoms with Gasteiger partial charge in [0.1, 0.15) is 0 Å². The highest BCUT2D eigenvalue weighted by atomic mass is 127. The number of rotatable bonds is 3. The molecule has 60 valence electrons. The standard InChI is InChI=1S/C7H7BrIOP/c8-7-4-2-1-3-6(7)5-10-11-9/h1-4,11H,5H2. The largest absolute Gasteiger partial charge is 0.347 e. The average molecular weight is 345 g/mol. The van der Waals surface area contributed by atoms with Crippen molar-refractivity contribution in [3.63, 3.8) is 0 Å². The fourth-order valence-electron chi connectivity index (χ4n) is 0.720. The van der Waals surface area contributed by atoms with Gasteiger partial charge in [0.2, 0.25) is 0 Å². The van der Waals surface area contributed by atoms with Crippen LogP contribution in [-0.2, 0) is 11.1 Å². The molecule has 0 heterocycles. The van der Waals surface area contributed by atoms with Crippen molar-refractivity contribution in [2.24, 2.45) is 0 Å². The maximum atomic E-state index is 5.28. The van der Waals surface area contributed by atoms with Crippen molar-refractivity contribution in [3.8, 4) is 0 Å². The highest BCUT2D eigenvalue weighted by Gasteiger charge is 1.96. The van der Waals surface area contributed by atoms with E-state index in [1.807, 2.05) is 18.2 Å². The van der Waals surface area contributed by atoms with Crippen molar-refractivity contribution in [2.45, 2.75) is 6.61 Å². The summed E-state index contributed by atoms with van der Waals surface area (Å²) < 4.78 is 6.40. The summed E-state index contributed by atoms with van der Waals surface area (Å²) in [5, 5.41) is 0. The number of benzene rings is 1. The van der Waals surface area contributed by atoms with Gasteiger partial charge >= 0.3 is 0 Å². The zero-order chi connectivity index (χ0) is 8.10. The third-order valence-corrected chi connectivity index (χ3v) is 3.20. The van der Waals surface area contributed by atoms with E-state index in [0.29, 0.717) is 13.1 Å². The molecule has 0 fully saturated rings. The minimum atomic E-state index is 0.529. The van der Waals surface area contributed by atoms with E-state index in [0.717, 1.165) is 4.47 Å². The maximum absolute atomic E-state index is 5.28. The molecule has 0 saturated heterocycles. The highest BCUT2D eigenvalue weighted by Crippen LogP contribution is 2.26. The normalized spacial score (nSPS) is 11.1. The van der Waals surface area contributed by atoms with E-state index < -0.39 is 0 Å². The summed E-state index contributed by atoms with van der Waals surface area (Å²) in [6.45, 7) is 1.23. The van der Waals surface area contributed by atoms with Crippen LogP contribution in [0, 0.1) is 0 Å². The van der Waals surface area contributed by atoms with Gasteiger partial charge in [-0.2, -0.15) is 0 Å². The third-order valence-electron chi connectivity index (χ3n) is 1.24. The molecule has 1 nitrogen and oxygen atoms in total.